The molecule has 0 amide bonds. The largest absolute Gasteiger partial charge is 0.396 e. The van der Waals surface area contributed by atoms with Crippen molar-refractivity contribution in [2.45, 2.75) is 26.3 Å². The summed E-state index contributed by atoms with van der Waals surface area (Å²) in [7, 11) is 0. The number of hydrogen-bond donors (Lipinski definition) is 1. The van der Waals surface area contributed by atoms with E-state index in [1.54, 1.807) is 0 Å². The zero-order chi connectivity index (χ0) is 10.8. The maximum absolute atomic E-state index is 9.10. The van der Waals surface area contributed by atoms with E-state index >= 15 is 0 Å². The summed E-state index contributed by atoms with van der Waals surface area (Å²) in [5.74, 6) is 0.346. The van der Waals surface area contributed by atoms with E-state index in [9.17, 15) is 0 Å². The lowest BCUT2D eigenvalue weighted by atomic mass is 10.1. The van der Waals surface area contributed by atoms with Gasteiger partial charge in [0.1, 0.15) is 0 Å². The van der Waals surface area contributed by atoms with E-state index in [1.165, 1.54) is 11.3 Å². The van der Waals surface area contributed by atoms with Crippen LogP contribution in [-0.2, 0) is 6.42 Å². The number of benzene rings is 1. The van der Waals surface area contributed by atoms with Crippen LogP contribution in [0.4, 0.5) is 5.69 Å². The lowest BCUT2D eigenvalue weighted by molar-refractivity contribution is 0.238. The molecule has 2 atom stereocenters. The number of anilines is 1. The lowest BCUT2D eigenvalue weighted by Crippen LogP contribution is -2.34. The van der Waals surface area contributed by atoms with Gasteiger partial charge in [-0.1, -0.05) is 25.1 Å². The summed E-state index contributed by atoms with van der Waals surface area (Å²) in [6.07, 6.45) is 1.13. The molecule has 0 saturated carbocycles. The highest BCUT2D eigenvalue weighted by Crippen LogP contribution is 2.32. The fourth-order valence-corrected chi connectivity index (χ4v) is 2.30. The summed E-state index contributed by atoms with van der Waals surface area (Å²) < 4.78 is 0. The lowest BCUT2D eigenvalue weighted by Gasteiger charge is -2.27. The van der Waals surface area contributed by atoms with E-state index in [1.807, 2.05) is 0 Å². The third-order valence-electron chi connectivity index (χ3n) is 3.17. The number of nitrogens with zero attached hydrogens (tertiary/aromatic N) is 1. The highest BCUT2D eigenvalue weighted by atomic mass is 16.3. The van der Waals surface area contributed by atoms with Crippen LogP contribution in [0.15, 0.2) is 24.3 Å². The molecule has 1 aliphatic heterocycles. The molecule has 2 heteroatoms. The third-order valence-corrected chi connectivity index (χ3v) is 3.17. The molecule has 1 aliphatic rings. The van der Waals surface area contributed by atoms with Gasteiger partial charge < -0.3 is 10.0 Å². The summed E-state index contributed by atoms with van der Waals surface area (Å²) in [5, 5.41) is 9.10. The first kappa shape index (κ1) is 10.5. The minimum Gasteiger partial charge on any atom is -0.396 e. The Hall–Kier alpha value is -1.02. The molecule has 1 aromatic rings. The molecule has 0 radical (unpaired) electrons. The van der Waals surface area contributed by atoms with Gasteiger partial charge in [-0.05, 0) is 30.9 Å². The van der Waals surface area contributed by atoms with Gasteiger partial charge in [-0.3, -0.25) is 0 Å². The molecular weight excluding hydrogens is 186 g/mol. The Labute approximate surface area is 91.5 Å². The highest BCUT2D eigenvalue weighted by Gasteiger charge is 2.25. The van der Waals surface area contributed by atoms with Gasteiger partial charge in [0.15, 0.2) is 0 Å². The molecule has 1 heterocycles. The molecule has 0 aliphatic carbocycles. The minimum atomic E-state index is 0.269. The van der Waals surface area contributed by atoms with Crippen LogP contribution in [0.25, 0.3) is 0 Å². The first-order valence-electron chi connectivity index (χ1n) is 5.67. The van der Waals surface area contributed by atoms with E-state index in [4.69, 9.17) is 5.11 Å². The van der Waals surface area contributed by atoms with Crippen LogP contribution in [0.2, 0.25) is 0 Å². The van der Waals surface area contributed by atoms with E-state index in [0.29, 0.717) is 12.0 Å². The number of rotatable bonds is 3. The summed E-state index contributed by atoms with van der Waals surface area (Å²) >= 11 is 0. The van der Waals surface area contributed by atoms with Gasteiger partial charge in [-0.15, -0.1) is 0 Å². The summed E-state index contributed by atoms with van der Waals surface area (Å²) in [4.78, 5) is 2.41. The average Bonchev–Trinajstić information content (AvgIpc) is 2.55. The molecule has 1 N–H and O–H groups in total. The van der Waals surface area contributed by atoms with Crippen molar-refractivity contribution in [3.63, 3.8) is 0 Å². The quantitative estimate of drug-likeness (QED) is 0.816. The number of para-hydroxylation sites is 1. The second-order valence-electron chi connectivity index (χ2n) is 4.62. The van der Waals surface area contributed by atoms with Gasteiger partial charge in [-0.25, -0.2) is 0 Å². The highest BCUT2D eigenvalue weighted by molar-refractivity contribution is 5.59. The smallest absolute Gasteiger partial charge is 0.0473 e. The summed E-state index contributed by atoms with van der Waals surface area (Å²) in [6, 6.07) is 9.15. The van der Waals surface area contributed by atoms with Crippen molar-refractivity contribution >= 4 is 5.69 Å². The number of hydrogen-bond acceptors (Lipinski definition) is 2. The zero-order valence-electron chi connectivity index (χ0n) is 9.48. The van der Waals surface area contributed by atoms with Gasteiger partial charge in [0, 0.05) is 24.9 Å². The van der Waals surface area contributed by atoms with Gasteiger partial charge in [-0.2, -0.15) is 0 Å². The number of aliphatic hydroxyl groups excluding tert-OH is 1. The number of aliphatic hydroxyl groups is 1. The molecular formula is C13H19NO. The molecule has 1 aromatic carbocycles. The predicted molar refractivity (Wildman–Crippen MR) is 63.2 cm³/mol. The van der Waals surface area contributed by atoms with Crippen molar-refractivity contribution in [3.8, 4) is 0 Å². The van der Waals surface area contributed by atoms with Crippen LogP contribution in [0.5, 0.6) is 0 Å². The van der Waals surface area contributed by atoms with Crippen molar-refractivity contribution in [2.75, 3.05) is 18.1 Å². The van der Waals surface area contributed by atoms with Gasteiger partial charge in [0.05, 0.1) is 0 Å². The van der Waals surface area contributed by atoms with Crippen molar-refractivity contribution in [1.29, 1.82) is 0 Å². The molecule has 15 heavy (non-hydrogen) atoms. The van der Waals surface area contributed by atoms with Crippen LogP contribution in [-0.4, -0.2) is 24.3 Å². The second-order valence-corrected chi connectivity index (χ2v) is 4.62. The Bertz CT molecular complexity index is 337. The molecule has 82 valence electrons. The standard InChI is InChI=1S/C13H19NO/c1-10(9-15)8-14-11(2)7-12-5-3-4-6-13(12)14/h3-6,10-11,15H,7-9H2,1-2H3. The monoisotopic (exact) mass is 205 g/mol. The molecule has 2 unspecified atom stereocenters. The maximum Gasteiger partial charge on any atom is 0.0473 e. The second kappa shape index (κ2) is 4.23. The van der Waals surface area contributed by atoms with E-state index in [2.05, 4.69) is 43.0 Å². The van der Waals surface area contributed by atoms with E-state index in [0.717, 1.165) is 13.0 Å². The summed E-state index contributed by atoms with van der Waals surface area (Å²) in [6.45, 7) is 5.57. The third kappa shape index (κ3) is 2.00. The van der Waals surface area contributed by atoms with Crippen molar-refractivity contribution in [1.82, 2.24) is 0 Å². The normalized spacial score (nSPS) is 21.5. The van der Waals surface area contributed by atoms with Crippen LogP contribution in [0, 0.1) is 5.92 Å². The zero-order valence-corrected chi connectivity index (χ0v) is 9.48. The first-order chi connectivity index (χ1) is 7.22. The molecule has 0 aromatic heterocycles. The van der Waals surface area contributed by atoms with E-state index < -0.39 is 0 Å². The molecule has 2 rings (SSSR count). The molecule has 0 spiro atoms. The van der Waals surface area contributed by atoms with Crippen LogP contribution in [0.3, 0.4) is 0 Å². The Morgan fingerprint density at radius 1 is 1.47 bits per heavy atom. The Morgan fingerprint density at radius 2 is 2.20 bits per heavy atom. The van der Waals surface area contributed by atoms with E-state index in [-0.39, 0.29) is 6.61 Å². The van der Waals surface area contributed by atoms with Crippen LogP contribution >= 0.6 is 0 Å². The van der Waals surface area contributed by atoms with Gasteiger partial charge in [0.25, 0.3) is 0 Å². The van der Waals surface area contributed by atoms with Gasteiger partial charge in [0.2, 0.25) is 0 Å². The van der Waals surface area contributed by atoms with Crippen molar-refractivity contribution in [2.24, 2.45) is 5.92 Å². The van der Waals surface area contributed by atoms with Crippen LogP contribution in [0.1, 0.15) is 19.4 Å². The SMILES string of the molecule is CC(CO)CN1c2ccccc2CC1C. The Kier molecular flexibility index (Phi) is 2.96. The topological polar surface area (TPSA) is 23.5 Å². The predicted octanol–water partition coefficient (Wildman–Crippen LogP) is 2.07. The molecule has 0 bridgehead atoms. The fourth-order valence-electron chi connectivity index (χ4n) is 2.30. The van der Waals surface area contributed by atoms with Crippen molar-refractivity contribution < 1.29 is 5.11 Å². The molecule has 0 fully saturated rings. The average molecular weight is 205 g/mol. The Balaban J connectivity index is 2.18. The maximum atomic E-state index is 9.10. The minimum absolute atomic E-state index is 0.269. The van der Waals surface area contributed by atoms with Crippen LogP contribution < -0.4 is 4.90 Å². The number of fused-ring (bicyclic) bond motifs is 1. The fraction of sp³-hybridized carbons (Fsp3) is 0.538. The van der Waals surface area contributed by atoms with Gasteiger partial charge >= 0.3 is 0 Å². The van der Waals surface area contributed by atoms with Crippen molar-refractivity contribution in [3.05, 3.63) is 29.8 Å². The first-order valence-corrected chi connectivity index (χ1v) is 5.67. The summed E-state index contributed by atoms with van der Waals surface area (Å²) in [5.41, 5.74) is 2.79. The molecule has 2 nitrogen and oxygen atoms in total. The Morgan fingerprint density at radius 3 is 2.93 bits per heavy atom. The molecule has 0 saturated heterocycles.